The van der Waals surface area contributed by atoms with Gasteiger partial charge in [0.25, 0.3) is 0 Å². The zero-order valence-electron chi connectivity index (χ0n) is 13.7. The lowest BCUT2D eigenvalue weighted by Gasteiger charge is -2.11. The first kappa shape index (κ1) is 17.4. The van der Waals surface area contributed by atoms with E-state index >= 15 is 0 Å². The maximum absolute atomic E-state index is 12.2. The number of sulfonamides is 1. The summed E-state index contributed by atoms with van der Waals surface area (Å²) in [6, 6.07) is 7.76. The minimum atomic E-state index is -3.17. The van der Waals surface area contributed by atoms with Crippen molar-refractivity contribution >= 4 is 21.4 Å². The van der Waals surface area contributed by atoms with Gasteiger partial charge in [-0.3, -0.25) is 0 Å². The topological polar surface area (TPSA) is 68.3 Å². The minimum Gasteiger partial charge on any atom is -0.497 e. The Morgan fingerprint density at radius 3 is 2.62 bits per heavy atom. The molecule has 1 heterocycles. The first-order chi connectivity index (χ1) is 11.6. The Morgan fingerprint density at radius 2 is 1.96 bits per heavy atom. The first-order valence-electron chi connectivity index (χ1n) is 8.16. The smallest absolute Gasteiger partial charge is 0.214 e. The van der Waals surface area contributed by atoms with Crippen LogP contribution in [0.2, 0.25) is 0 Å². The monoisotopic (exact) mass is 366 g/mol. The summed E-state index contributed by atoms with van der Waals surface area (Å²) in [5.41, 5.74) is 1.95. The second kappa shape index (κ2) is 7.63. The predicted molar refractivity (Wildman–Crippen MR) is 97.0 cm³/mol. The number of rotatable bonds is 7. The van der Waals surface area contributed by atoms with Gasteiger partial charge in [-0.05, 0) is 37.1 Å². The van der Waals surface area contributed by atoms with Gasteiger partial charge in [0.1, 0.15) is 5.75 Å². The third-order valence-electron chi connectivity index (χ3n) is 4.32. The highest BCUT2D eigenvalue weighted by Gasteiger charge is 2.28. The number of methoxy groups -OCH3 is 1. The van der Waals surface area contributed by atoms with Crippen LogP contribution in [0.4, 0.5) is 0 Å². The second-order valence-corrected chi connectivity index (χ2v) is 8.94. The van der Waals surface area contributed by atoms with Gasteiger partial charge < -0.3 is 4.74 Å². The Bertz CT molecular complexity index is 763. The van der Waals surface area contributed by atoms with Crippen LogP contribution in [-0.2, 0) is 16.4 Å². The van der Waals surface area contributed by atoms with E-state index in [1.54, 1.807) is 18.4 Å². The molecule has 7 heteroatoms. The molecule has 5 nitrogen and oxygen atoms in total. The maximum atomic E-state index is 12.2. The number of nitrogens with zero attached hydrogens (tertiary/aromatic N) is 1. The van der Waals surface area contributed by atoms with Crippen molar-refractivity contribution in [1.29, 1.82) is 0 Å². The molecule has 1 fully saturated rings. The van der Waals surface area contributed by atoms with Gasteiger partial charge in [-0.2, -0.15) is 0 Å². The van der Waals surface area contributed by atoms with Gasteiger partial charge in [-0.15, -0.1) is 11.3 Å². The third-order valence-corrected chi connectivity index (χ3v) is 7.18. The van der Waals surface area contributed by atoms with Crippen molar-refractivity contribution in [2.75, 3.05) is 13.7 Å². The summed E-state index contributed by atoms with van der Waals surface area (Å²) in [5.74, 6) is 0.815. The molecule has 0 radical (unpaired) electrons. The number of thiazole rings is 1. The standard InChI is InChI=1S/C17H22N2O3S2/c1-22-14-8-6-13(7-9-14)16-12-23-17(19-16)10-11-18-24(20,21)15-4-2-3-5-15/h6-9,12,15,18H,2-5,10-11H2,1H3. The molecule has 0 bridgehead atoms. The van der Waals surface area contributed by atoms with Crippen molar-refractivity contribution < 1.29 is 13.2 Å². The van der Waals surface area contributed by atoms with Crippen molar-refractivity contribution in [3.05, 3.63) is 34.7 Å². The van der Waals surface area contributed by atoms with Crippen LogP contribution in [-0.4, -0.2) is 32.3 Å². The van der Waals surface area contributed by atoms with E-state index in [0.717, 1.165) is 47.7 Å². The summed E-state index contributed by atoms with van der Waals surface area (Å²) in [5, 5.41) is 2.74. The molecular formula is C17H22N2O3S2. The van der Waals surface area contributed by atoms with E-state index < -0.39 is 10.0 Å². The summed E-state index contributed by atoms with van der Waals surface area (Å²) >= 11 is 1.56. The Labute approximate surface area is 147 Å². The molecule has 0 saturated heterocycles. The van der Waals surface area contributed by atoms with Crippen LogP contribution in [0.15, 0.2) is 29.6 Å². The Hall–Kier alpha value is -1.44. The van der Waals surface area contributed by atoms with E-state index in [1.807, 2.05) is 29.6 Å². The molecular weight excluding hydrogens is 344 g/mol. The van der Waals surface area contributed by atoms with Crippen molar-refractivity contribution in [2.24, 2.45) is 0 Å². The van der Waals surface area contributed by atoms with Crippen LogP contribution in [0.1, 0.15) is 30.7 Å². The fraction of sp³-hybridized carbons (Fsp3) is 0.471. The molecule has 0 amide bonds. The number of ether oxygens (including phenoxy) is 1. The highest BCUT2D eigenvalue weighted by molar-refractivity contribution is 7.90. The quantitative estimate of drug-likeness (QED) is 0.817. The lowest BCUT2D eigenvalue weighted by Crippen LogP contribution is -2.34. The van der Waals surface area contributed by atoms with E-state index in [2.05, 4.69) is 9.71 Å². The van der Waals surface area contributed by atoms with Crippen LogP contribution < -0.4 is 9.46 Å². The molecule has 0 aliphatic heterocycles. The van der Waals surface area contributed by atoms with Crippen molar-refractivity contribution in [2.45, 2.75) is 37.4 Å². The molecule has 1 aliphatic carbocycles. The highest BCUT2D eigenvalue weighted by Crippen LogP contribution is 2.25. The van der Waals surface area contributed by atoms with Gasteiger partial charge in [0, 0.05) is 23.9 Å². The number of benzene rings is 1. The summed E-state index contributed by atoms with van der Waals surface area (Å²) in [7, 11) is -1.53. The molecule has 2 aromatic rings. The van der Waals surface area contributed by atoms with E-state index in [9.17, 15) is 8.42 Å². The predicted octanol–water partition coefficient (Wildman–Crippen LogP) is 3.22. The molecule has 0 unspecified atom stereocenters. The van der Waals surface area contributed by atoms with Crippen LogP contribution in [0.3, 0.4) is 0 Å². The van der Waals surface area contributed by atoms with Gasteiger partial charge in [0.05, 0.1) is 23.1 Å². The summed E-state index contributed by atoms with van der Waals surface area (Å²) in [6.07, 6.45) is 4.22. The molecule has 0 spiro atoms. The van der Waals surface area contributed by atoms with Crippen molar-refractivity contribution in [3.8, 4) is 17.0 Å². The highest BCUT2D eigenvalue weighted by atomic mass is 32.2. The average Bonchev–Trinajstić information content (AvgIpc) is 3.27. The molecule has 24 heavy (non-hydrogen) atoms. The lowest BCUT2D eigenvalue weighted by molar-refractivity contribution is 0.415. The Balaban J connectivity index is 1.56. The largest absolute Gasteiger partial charge is 0.497 e. The molecule has 1 aromatic heterocycles. The summed E-state index contributed by atoms with van der Waals surface area (Å²) in [4.78, 5) is 4.60. The molecule has 3 rings (SSSR count). The van der Waals surface area contributed by atoms with Gasteiger partial charge in [-0.1, -0.05) is 12.8 Å². The minimum absolute atomic E-state index is 0.205. The van der Waals surface area contributed by atoms with Crippen LogP contribution in [0, 0.1) is 0 Å². The van der Waals surface area contributed by atoms with Crippen molar-refractivity contribution in [1.82, 2.24) is 9.71 Å². The Morgan fingerprint density at radius 1 is 1.25 bits per heavy atom. The molecule has 1 saturated carbocycles. The number of hydrogen-bond donors (Lipinski definition) is 1. The number of aromatic nitrogens is 1. The molecule has 130 valence electrons. The second-order valence-electron chi connectivity index (χ2n) is 5.95. The molecule has 1 aromatic carbocycles. The SMILES string of the molecule is COc1ccc(-c2csc(CCNS(=O)(=O)C3CCCC3)n2)cc1. The van der Waals surface area contributed by atoms with Gasteiger partial charge >= 0.3 is 0 Å². The molecule has 1 aliphatic rings. The van der Waals surface area contributed by atoms with Gasteiger partial charge in [-0.25, -0.2) is 18.1 Å². The fourth-order valence-electron chi connectivity index (χ4n) is 2.94. The Kier molecular flexibility index (Phi) is 5.53. The first-order valence-corrected chi connectivity index (χ1v) is 10.6. The van der Waals surface area contributed by atoms with Crippen LogP contribution >= 0.6 is 11.3 Å². The number of nitrogens with one attached hydrogen (secondary N) is 1. The van der Waals surface area contributed by atoms with Gasteiger partial charge in [0.15, 0.2) is 0 Å². The lowest BCUT2D eigenvalue weighted by atomic mass is 10.2. The van der Waals surface area contributed by atoms with E-state index in [0.29, 0.717) is 13.0 Å². The van der Waals surface area contributed by atoms with E-state index in [4.69, 9.17) is 4.74 Å². The normalized spacial score (nSPS) is 15.7. The van der Waals surface area contributed by atoms with Crippen LogP contribution in [0.25, 0.3) is 11.3 Å². The van der Waals surface area contributed by atoms with Crippen LogP contribution in [0.5, 0.6) is 5.75 Å². The van der Waals surface area contributed by atoms with E-state index in [-0.39, 0.29) is 5.25 Å². The van der Waals surface area contributed by atoms with E-state index in [1.165, 1.54) is 0 Å². The molecule has 1 N–H and O–H groups in total. The average molecular weight is 367 g/mol. The fourth-order valence-corrected chi connectivity index (χ4v) is 5.32. The zero-order valence-corrected chi connectivity index (χ0v) is 15.3. The maximum Gasteiger partial charge on any atom is 0.214 e. The number of hydrogen-bond acceptors (Lipinski definition) is 5. The van der Waals surface area contributed by atoms with Crippen molar-refractivity contribution in [3.63, 3.8) is 0 Å². The third kappa shape index (κ3) is 4.15. The summed E-state index contributed by atoms with van der Waals surface area (Å²) < 4.78 is 32.2. The molecule has 0 atom stereocenters. The zero-order chi connectivity index (χ0) is 17.0. The van der Waals surface area contributed by atoms with Gasteiger partial charge in [0.2, 0.25) is 10.0 Å². The summed E-state index contributed by atoms with van der Waals surface area (Å²) in [6.45, 7) is 0.411.